The lowest BCUT2D eigenvalue weighted by Crippen LogP contribution is -2.64. The third-order valence-electron chi connectivity index (χ3n) is 18.8. The van der Waals surface area contributed by atoms with E-state index in [1.807, 2.05) is 41.5 Å². The highest BCUT2D eigenvalue weighted by Gasteiger charge is 2.45. The van der Waals surface area contributed by atoms with E-state index in [2.05, 4.69) is 31.5 Å². The number of nitrogens with one attached hydrogen (secondary N) is 5. The highest BCUT2D eigenvalue weighted by atomic mass is 32.2. The van der Waals surface area contributed by atoms with E-state index in [0.717, 1.165) is 42.1 Å². The van der Waals surface area contributed by atoms with Crippen molar-refractivity contribution < 1.29 is 79.9 Å². The molecule has 2 aliphatic heterocycles. The minimum Gasteiger partial charge on any atom is -0.390 e. The van der Waals surface area contributed by atoms with Crippen LogP contribution in [0.3, 0.4) is 0 Å². The fourth-order valence-corrected chi connectivity index (χ4v) is 12.9. The minimum atomic E-state index is -3.75. The van der Waals surface area contributed by atoms with Gasteiger partial charge in [0, 0.05) is 62.0 Å². The van der Waals surface area contributed by atoms with Gasteiger partial charge < -0.3 is 70.6 Å². The molecule has 0 radical (unpaired) electrons. The van der Waals surface area contributed by atoms with Crippen molar-refractivity contribution in [3.63, 3.8) is 0 Å². The molecule has 14 atom stereocenters. The standard InChI is InChI=1S/C69H126N12O17S/c1-24-50-66(90)75(17)48(15)65(89)80(22)57(49(16)97-33-28-26-30-81-31-35-96-36-32-81)63(87)73-54(43(8)9)69(93)76(18)51(37-40(2)3)60(84)70-46(13)59(83)71-47(14)64(88)77(19)52(38-41(4)5)67(91)78(20)53(39-42(6)7)68(92)79(21)56(44(10)11)62(86)74-55(61(85)72-50)58(82)45(12)29-25-27-34-98-99(23,94)95/h40-58,82H,24-39H2,1-23H3,(H,70,84)(H,71,83)(H,72,85)(H,73,87)(H,74,86)/t45-,46+,47-,48-,49-,50+,51+,52+,53+,54+,55+,56+,57+,58-/m1/s1. The summed E-state index contributed by atoms with van der Waals surface area (Å²) in [6.07, 6.45) is 0.622. The lowest BCUT2D eigenvalue weighted by molar-refractivity contribution is -0.154. The number of unbranched alkanes of at least 4 members (excludes halogenated alkanes) is 2. The predicted molar refractivity (Wildman–Crippen MR) is 376 cm³/mol. The number of ether oxygens (including phenoxy) is 2. The molecular formula is C69H126N12O17S. The highest BCUT2D eigenvalue weighted by Crippen LogP contribution is 2.25. The lowest BCUT2D eigenvalue weighted by atomic mass is 9.91. The second-order valence-corrected chi connectivity index (χ2v) is 31.0. The zero-order valence-electron chi connectivity index (χ0n) is 63.8. The summed E-state index contributed by atoms with van der Waals surface area (Å²) < 4.78 is 40.2. The first-order valence-electron chi connectivity index (χ1n) is 35.5. The van der Waals surface area contributed by atoms with Crippen LogP contribution in [0, 0.1) is 35.5 Å². The van der Waals surface area contributed by atoms with Crippen LogP contribution in [0.1, 0.15) is 169 Å². The van der Waals surface area contributed by atoms with E-state index in [9.17, 15) is 47.1 Å². The molecule has 2 heterocycles. The average molecular weight is 1430 g/mol. The molecule has 570 valence electrons. The SMILES string of the molecule is CC[C@@H]1NC(=O)[C@H]([C@H](O)[C@H](C)CCCCOS(C)(=O)=O)NC(=O)[C@H](C(C)C)N(C)C(=O)[C@H](CC(C)C)N(C)C(=O)[C@H](CC(C)C)N(C)C(=O)[C@@H](C)NC(=O)[C@H](C)NC(=O)[C@H](CC(C)C)N(C)C(=O)[C@H](C(C)C)NC(=O)[C@H]([C@@H](C)OCCCCN2CCOCC2)N(C)C(=O)[C@@H](C)N(C)C1=O. The number of hydrogen-bond donors (Lipinski definition) is 6. The Morgan fingerprint density at radius 2 is 0.970 bits per heavy atom. The van der Waals surface area contributed by atoms with Gasteiger partial charge in [0.25, 0.3) is 10.1 Å². The molecule has 2 saturated heterocycles. The summed E-state index contributed by atoms with van der Waals surface area (Å²) in [5.41, 5.74) is 0. The molecule has 99 heavy (non-hydrogen) atoms. The molecule has 0 aromatic heterocycles. The monoisotopic (exact) mass is 1430 g/mol. The Morgan fingerprint density at radius 1 is 0.495 bits per heavy atom. The van der Waals surface area contributed by atoms with Crippen LogP contribution in [0.15, 0.2) is 0 Å². The maximum absolute atomic E-state index is 15.2. The molecule has 0 bridgehead atoms. The van der Waals surface area contributed by atoms with Crippen LogP contribution in [0.4, 0.5) is 0 Å². The molecule has 30 heteroatoms. The molecule has 0 aromatic carbocycles. The molecule has 2 aliphatic rings. The number of carbonyl (C=O) groups is 11. The first-order valence-corrected chi connectivity index (χ1v) is 37.3. The van der Waals surface area contributed by atoms with Crippen molar-refractivity contribution in [1.29, 1.82) is 0 Å². The van der Waals surface area contributed by atoms with Gasteiger partial charge in [0.2, 0.25) is 65.0 Å². The van der Waals surface area contributed by atoms with Crippen molar-refractivity contribution in [2.75, 3.05) is 94.6 Å². The number of hydrogen-bond acceptors (Lipinski definition) is 18. The van der Waals surface area contributed by atoms with Gasteiger partial charge in [0.1, 0.15) is 66.5 Å². The largest absolute Gasteiger partial charge is 0.390 e. The molecule has 29 nitrogen and oxygen atoms in total. The normalized spacial score (nSPS) is 26.9. The Kier molecular flexibility index (Phi) is 37.5. The van der Waals surface area contributed by atoms with Crippen LogP contribution in [-0.2, 0) is 76.5 Å². The number of rotatable bonds is 24. The van der Waals surface area contributed by atoms with Gasteiger partial charge in [-0.05, 0) is 121 Å². The number of amides is 11. The molecule has 0 spiro atoms. The average Bonchev–Trinajstić information content (AvgIpc) is 0.820. The van der Waals surface area contributed by atoms with Gasteiger partial charge >= 0.3 is 0 Å². The summed E-state index contributed by atoms with van der Waals surface area (Å²) in [5, 5.41) is 25.9. The van der Waals surface area contributed by atoms with E-state index in [0.29, 0.717) is 26.1 Å². The predicted octanol–water partition coefficient (Wildman–Crippen LogP) is 1.97. The molecule has 6 N–H and O–H groups in total. The van der Waals surface area contributed by atoms with Crippen LogP contribution >= 0.6 is 0 Å². The number of aliphatic hydroxyl groups is 1. The molecule has 0 aromatic rings. The third-order valence-corrected chi connectivity index (χ3v) is 19.4. The van der Waals surface area contributed by atoms with Crippen LogP contribution in [0.25, 0.3) is 0 Å². The lowest BCUT2D eigenvalue weighted by Gasteiger charge is -2.40. The van der Waals surface area contributed by atoms with Crippen LogP contribution in [0.2, 0.25) is 0 Å². The Bertz CT molecular complexity index is 2790. The van der Waals surface area contributed by atoms with Crippen molar-refractivity contribution in [3.05, 3.63) is 0 Å². The summed E-state index contributed by atoms with van der Waals surface area (Å²) in [7, 11) is 4.61. The molecule has 2 rings (SSSR count). The quantitative estimate of drug-likeness (QED) is 0.0594. The van der Waals surface area contributed by atoms with Gasteiger partial charge in [0.15, 0.2) is 0 Å². The number of morpholine rings is 1. The molecule has 11 amide bonds. The molecule has 0 unspecified atom stereocenters. The van der Waals surface area contributed by atoms with Gasteiger partial charge in [-0.15, -0.1) is 0 Å². The first-order chi connectivity index (χ1) is 45.9. The van der Waals surface area contributed by atoms with Crippen molar-refractivity contribution in [2.24, 2.45) is 35.5 Å². The maximum Gasteiger partial charge on any atom is 0.264 e. The van der Waals surface area contributed by atoms with E-state index in [-0.39, 0.29) is 69.5 Å². The van der Waals surface area contributed by atoms with Crippen LogP contribution in [-0.4, -0.2) is 286 Å². The minimum absolute atomic E-state index is 0.0666. The zero-order chi connectivity index (χ0) is 75.8. The number of likely N-dealkylation sites (N-methyl/N-ethyl adjacent to an activating group) is 6. The topological polar surface area (TPSA) is 353 Å². The van der Waals surface area contributed by atoms with Gasteiger partial charge in [-0.3, -0.25) is 61.8 Å². The Hall–Kier alpha value is -6.08. The van der Waals surface area contributed by atoms with Gasteiger partial charge in [-0.2, -0.15) is 8.42 Å². The van der Waals surface area contributed by atoms with E-state index in [1.165, 1.54) is 82.7 Å². The van der Waals surface area contributed by atoms with Crippen molar-refractivity contribution in [3.8, 4) is 0 Å². The summed E-state index contributed by atoms with van der Waals surface area (Å²) in [4.78, 5) is 172. The summed E-state index contributed by atoms with van der Waals surface area (Å²) in [5.74, 6) is -10.9. The first kappa shape index (κ1) is 89.0. The summed E-state index contributed by atoms with van der Waals surface area (Å²) >= 11 is 0. The van der Waals surface area contributed by atoms with Crippen LogP contribution < -0.4 is 26.6 Å². The second-order valence-electron chi connectivity index (χ2n) is 29.3. The Morgan fingerprint density at radius 3 is 1.48 bits per heavy atom. The Labute approximate surface area is 590 Å². The zero-order valence-corrected chi connectivity index (χ0v) is 64.6. The van der Waals surface area contributed by atoms with Gasteiger partial charge in [-0.1, -0.05) is 89.5 Å². The smallest absolute Gasteiger partial charge is 0.264 e. The number of aliphatic hydroxyl groups excluding tert-OH is 1. The third kappa shape index (κ3) is 27.3. The van der Waals surface area contributed by atoms with E-state index in [1.54, 1.807) is 48.5 Å². The summed E-state index contributed by atoms with van der Waals surface area (Å²) in [6.45, 7) is 30.6. The molecule has 2 fully saturated rings. The van der Waals surface area contributed by atoms with Crippen LogP contribution in [0.5, 0.6) is 0 Å². The second kappa shape index (κ2) is 41.7. The van der Waals surface area contributed by atoms with Gasteiger partial charge in [0.05, 0.1) is 38.3 Å². The van der Waals surface area contributed by atoms with E-state index < -0.39 is 172 Å². The molecular weight excluding hydrogens is 1300 g/mol. The highest BCUT2D eigenvalue weighted by molar-refractivity contribution is 7.86. The molecule has 0 saturated carbocycles. The maximum atomic E-state index is 15.2. The molecule has 0 aliphatic carbocycles. The van der Waals surface area contributed by atoms with Crippen molar-refractivity contribution >= 4 is 75.1 Å². The Balaban J connectivity index is 2.99. The fraction of sp³-hybridized carbons (Fsp3) is 0.841. The van der Waals surface area contributed by atoms with Crippen molar-refractivity contribution in [2.45, 2.75) is 247 Å². The number of carbonyl (C=O) groups excluding carboxylic acids is 11. The van der Waals surface area contributed by atoms with E-state index >= 15 is 19.2 Å². The van der Waals surface area contributed by atoms with Crippen molar-refractivity contribution in [1.82, 2.24) is 60.9 Å². The summed E-state index contributed by atoms with van der Waals surface area (Å²) in [6, 6.07) is -14.7. The fourth-order valence-electron chi connectivity index (χ4n) is 12.5. The van der Waals surface area contributed by atoms with E-state index in [4.69, 9.17) is 13.7 Å². The van der Waals surface area contributed by atoms with Gasteiger partial charge in [-0.25, -0.2) is 0 Å². The number of nitrogens with zero attached hydrogens (tertiary/aromatic N) is 7.